The SMILES string of the molecule is CC(=O)C(Br)c1cc(OC(F)F)ccc1C=O. The lowest BCUT2D eigenvalue weighted by atomic mass is 10.0. The molecule has 1 rings (SSSR count). The molecule has 17 heavy (non-hydrogen) atoms. The molecule has 0 aliphatic rings. The normalized spacial score (nSPS) is 12.3. The molecule has 0 saturated heterocycles. The highest BCUT2D eigenvalue weighted by Gasteiger charge is 2.18. The van der Waals surface area contributed by atoms with Gasteiger partial charge in [-0.05, 0) is 30.7 Å². The second-order valence-corrected chi connectivity index (χ2v) is 4.18. The topological polar surface area (TPSA) is 43.4 Å². The standard InChI is InChI=1S/C11H9BrF2O3/c1-6(16)10(12)9-4-8(17-11(13)14)3-2-7(9)5-15/h2-5,10-11H,1H3. The van der Waals surface area contributed by atoms with Crippen LogP contribution in [-0.2, 0) is 4.79 Å². The summed E-state index contributed by atoms with van der Waals surface area (Å²) in [6.45, 7) is -1.62. The minimum atomic E-state index is -2.95. The average molecular weight is 307 g/mol. The number of hydrogen-bond donors (Lipinski definition) is 0. The lowest BCUT2D eigenvalue weighted by Gasteiger charge is -2.12. The lowest BCUT2D eigenvalue weighted by molar-refractivity contribution is -0.116. The number of halogens is 3. The summed E-state index contributed by atoms with van der Waals surface area (Å²) in [5, 5.41) is 0. The number of rotatable bonds is 5. The number of benzene rings is 1. The van der Waals surface area contributed by atoms with E-state index in [1.165, 1.54) is 25.1 Å². The van der Waals surface area contributed by atoms with Gasteiger partial charge in [0.15, 0.2) is 0 Å². The molecule has 6 heteroatoms. The van der Waals surface area contributed by atoms with Crippen molar-refractivity contribution in [3.63, 3.8) is 0 Å². The highest BCUT2D eigenvalue weighted by Crippen LogP contribution is 2.30. The fourth-order valence-corrected chi connectivity index (χ4v) is 1.67. The van der Waals surface area contributed by atoms with E-state index in [2.05, 4.69) is 20.7 Å². The Morgan fingerprint density at radius 3 is 2.59 bits per heavy atom. The molecule has 0 radical (unpaired) electrons. The Balaban J connectivity index is 3.14. The Bertz CT molecular complexity index is 435. The molecular formula is C11H9BrF2O3. The number of ketones is 1. The summed E-state index contributed by atoms with van der Waals surface area (Å²) in [5.41, 5.74) is 0.564. The Morgan fingerprint density at radius 2 is 2.12 bits per heavy atom. The van der Waals surface area contributed by atoms with Crippen molar-refractivity contribution in [2.24, 2.45) is 0 Å². The van der Waals surface area contributed by atoms with Crippen LogP contribution in [0.1, 0.15) is 27.7 Å². The molecule has 0 aliphatic carbocycles. The minimum absolute atomic E-state index is 0.0914. The Labute approximate surface area is 105 Å². The van der Waals surface area contributed by atoms with E-state index in [9.17, 15) is 18.4 Å². The number of ether oxygens (including phenoxy) is 1. The maximum absolute atomic E-state index is 12.0. The van der Waals surface area contributed by atoms with E-state index in [-0.39, 0.29) is 17.1 Å². The molecule has 3 nitrogen and oxygen atoms in total. The van der Waals surface area contributed by atoms with Crippen molar-refractivity contribution in [2.45, 2.75) is 18.4 Å². The van der Waals surface area contributed by atoms with Gasteiger partial charge >= 0.3 is 6.61 Å². The zero-order chi connectivity index (χ0) is 13.0. The fourth-order valence-electron chi connectivity index (χ4n) is 1.27. The summed E-state index contributed by atoms with van der Waals surface area (Å²) in [6, 6.07) is 3.83. The number of aldehydes is 1. The van der Waals surface area contributed by atoms with Gasteiger partial charge in [0.25, 0.3) is 0 Å². The van der Waals surface area contributed by atoms with Crippen molar-refractivity contribution in [3.8, 4) is 5.75 Å². The van der Waals surface area contributed by atoms with Gasteiger partial charge < -0.3 is 4.74 Å². The molecule has 1 aromatic carbocycles. The average Bonchev–Trinajstić information content (AvgIpc) is 2.27. The van der Waals surface area contributed by atoms with Gasteiger partial charge in [-0.25, -0.2) is 0 Å². The monoisotopic (exact) mass is 306 g/mol. The van der Waals surface area contributed by atoms with Crippen molar-refractivity contribution in [1.29, 1.82) is 0 Å². The van der Waals surface area contributed by atoms with Gasteiger partial charge in [0.05, 0.1) is 4.83 Å². The van der Waals surface area contributed by atoms with E-state index in [0.29, 0.717) is 11.8 Å². The van der Waals surface area contributed by atoms with Crippen molar-refractivity contribution in [2.75, 3.05) is 0 Å². The van der Waals surface area contributed by atoms with Crippen LogP contribution < -0.4 is 4.74 Å². The molecule has 1 atom stereocenters. The molecule has 1 unspecified atom stereocenters. The summed E-state index contributed by atoms with van der Waals surface area (Å²) in [6.07, 6.45) is 0.554. The molecule has 0 aliphatic heterocycles. The predicted octanol–water partition coefficient (Wildman–Crippen LogP) is 3.13. The maximum Gasteiger partial charge on any atom is 0.387 e. The van der Waals surface area contributed by atoms with Gasteiger partial charge in [0.2, 0.25) is 0 Å². The van der Waals surface area contributed by atoms with Crippen LogP contribution in [0.25, 0.3) is 0 Å². The van der Waals surface area contributed by atoms with Gasteiger partial charge in [-0.1, -0.05) is 15.9 Å². The smallest absolute Gasteiger partial charge is 0.387 e. The summed E-state index contributed by atoms with van der Waals surface area (Å²) in [7, 11) is 0. The van der Waals surface area contributed by atoms with Crippen LogP contribution in [0.4, 0.5) is 8.78 Å². The minimum Gasteiger partial charge on any atom is -0.435 e. The molecule has 0 heterocycles. The van der Waals surface area contributed by atoms with E-state index in [4.69, 9.17) is 0 Å². The van der Waals surface area contributed by atoms with E-state index >= 15 is 0 Å². The fraction of sp³-hybridized carbons (Fsp3) is 0.273. The molecule has 0 fully saturated rings. The van der Waals surface area contributed by atoms with E-state index in [0.717, 1.165) is 0 Å². The van der Waals surface area contributed by atoms with Gasteiger partial charge in [-0.15, -0.1) is 0 Å². The maximum atomic E-state index is 12.0. The highest BCUT2D eigenvalue weighted by atomic mass is 79.9. The molecule has 0 N–H and O–H groups in total. The highest BCUT2D eigenvalue weighted by molar-refractivity contribution is 9.09. The Kier molecular flexibility index (Phi) is 4.74. The van der Waals surface area contributed by atoms with Gasteiger partial charge in [-0.2, -0.15) is 8.78 Å². The second-order valence-electron chi connectivity index (χ2n) is 3.26. The largest absolute Gasteiger partial charge is 0.435 e. The summed E-state index contributed by atoms with van der Waals surface area (Å²) in [5.74, 6) is -0.325. The number of carbonyl (C=O) groups excluding carboxylic acids is 2. The van der Waals surface area contributed by atoms with Gasteiger partial charge in [0.1, 0.15) is 17.8 Å². The second kappa shape index (κ2) is 5.86. The third-order valence-electron chi connectivity index (χ3n) is 2.04. The van der Waals surface area contributed by atoms with Crippen molar-refractivity contribution < 1.29 is 23.1 Å². The third kappa shape index (κ3) is 3.59. The molecule has 0 bridgehead atoms. The Hall–Kier alpha value is -1.30. The zero-order valence-electron chi connectivity index (χ0n) is 8.82. The van der Waals surface area contributed by atoms with Crippen molar-refractivity contribution in [1.82, 2.24) is 0 Å². The molecule has 92 valence electrons. The molecule has 0 aromatic heterocycles. The van der Waals surface area contributed by atoms with Crippen LogP contribution >= 0.6 is 15.9 Å². The van der Waals surface area contributed by atoms with E-state index in [1.54, 1.807) is 0 Å². The Morgan fingerprint density at radius 1 is 1.47 bits per heavy atom. The van der Waals surface area contributed by atoms with Gasteiger partial charge in [0, 0.05) is 5.56 Å². The van der Waals surface area contributed by atoms with E-state index < -0.39 is 11.4 Å². The van der Waals surface area contributed by atoms with Crippen LogP contribution in [0.5, 0.6) is 5.75 Å². The zero-order valence-corrected chi connectivity index (χ0v) is 10.4. The van der Waals surface area contributed by atoms with Crippen LogP contribution in [0.3, 0.4) is 0 Å². The van der Waals surface area contributed by atoms with Crippen molar-refractivity contribution in [3.05, 3.63) is 29.3 Å². The lowest BCUT2D eigenvalue weighted by Crippen LogP contribution is -2.07. The third-order valence-corrected chi connectivity index (χ3v) is 3.18. The molecule has 0 spiro atoms. The van der Waals surface area contributed by atoms with Crippen molar-refractivity contribution >= 4 is 28.0 Å². The first-order valence-electron chi connectivity index (χ1n) is 4.64. The summed E-state index contributed by atoms with van der Waals surface area (Å²) >= 11 is 3.09. The summed E-state index contributed by atoms with van der Waals surface area (Å²) in [4.78, 5) is 21.2. The number of hydrogen-bond acceptors (Lipinski definition) is 3. The predicted molar refractivity (Wildman–Crippen MR) is 60.8 cm³/mol. The molecule has 1 aromatic rings. The number of alkyl halides is 3. The molecular weight excluding hydrogens is 298 g/mol. The molecule has 0 saturated carbocycles. The first-order chi connectivity index (χ1) is 7.95. The van der Waals surface area contributed by atoms with Crippen LogP contribution in [0.2, 0.25) is 0 Å². The first-order valence-corrected chi connectivity index (χ1v) is 5.55. The van der Waals surface area contributed by atoms with Crippen LogP contribution in [0, 0.1) is 0 Å². The van der Waals surface area contributed by atoms with Crippen LogP contribution in [0.15, 0.2) is 18.2 Å². The number of carbonyl (C=O) groups is 2. The van der Waals surface area contributed by atoms with E-state index in [1.807, 2.05) is 0 Å². The molecule has 0 amide bonds. The number of Topliss-reactive ketones (excluding diaryl/α,β-unsaturated/α-hetero) is 1. The first kappa shape index (κ1) is 13.8. The van der Waals surface area contributed by atoms with Crippen LogP contribution in [-0.4, -0.2) is 18.7 Å². The van der Waals surface area contributed by atoms with Gasteiger partial charge in [-0.3, -0.25) is 9.59 Å². The summed E-state index contributed by atoms with van der Waals surface area (Å²) < 4.78 is 28.3. The quantitative estimate of drug-likeness (QED) is 0.620.